The van der Waals surface area contributed by atoms with Gasteiger partial charge in [0.2, 0.25) is 11.8 Å². The van der Waals surface area contributed by atoms with Gasteiger partial charge in [-0.15, -0.1) is 0 Å². The predicted molar refractivity (Wildman–Crippen MR) is 114 cm³/mol. The number of aromatic nitrogens is 2. The summed E-state index contributed by atoms with van der Waals surface area (Å²) in [6.45, 7) is 6.09. The predicted octanol–water partition coefficient (Wildman–Crippen LogP) is 3.32. The van der Waals surface area contributed by atoms with Crippen molar-refractivity contribution in [3.05, 3.63) is 30.1 Å². The van der Waals surface area contributed by atoms with Crippen molar-refractivity contribution in [2.75, 3.05) is 40.3 Å². The number of methoxy groups -OCH3 is 1. The number of carbonyl (C=O) groups is 1. The van der Waals surface area contributed by atoms with Crippen LogP contribution in [0.3, 0.4) is 0 Å². The molecule has 4 heterocycles. The fraction of sp³-hybridized carbons (Fsp3) is 0.609. The van der Waals surface area contributed by atoms with Crippen molar-refractivity contribution < 1.29 is 9.53 Å². The van der Waals surface area contributed by atoms with Crippen molar-refractivity contribution in [2.24, 2.45) is 11.8 Å². The lowest BCUT2D eigenvalue weighted by Gasteiger charge is -2.38. The number of amides is 1. The Morgan fingerprint density at radius 3 is 2.79 bits per heavy atom. The molecule has 2 atom stereocenters. The number of nitrogens with zero attached hydrogens (tertiary/aromatic N) is 4. The maximum atomic E-state index is 13.1. The summed E-state index contributed by atoms with van der Waals surface area (Å²) in [6, 6.07) is 4.05. The molecule has 6 heteroatoms. The van der Waals surface area contributed by atoms with Crippen LogP contribution in [0.15, 0.2) is 24.5 Å². The molecule has 4 rings (SSSR count). The summed E-state index contributed by atoms with van der Waals surface area (Å²) in [6.07, 6.45) is 7.72. The summed E-state index contributed by atoms with van der Waals surface area (Å²) < 4.78 is 5.40. The van der Waals surface area contributed by atoms with Gasteiger partial charge in [0, 0.05) is 43.2 Å². The highest BCUT2D eigenvalue weighted by molar-refractivity contribution is 5.86. The molecule has 0 spiro atoms. The van der Waals surface area contributed by atoms with Crippen molar-refractivity contribution in [2.45, 2.75) is 38.5 Å². The lowest BCUT2D eigenvalue weighted by molar-refractivity contribution is -0.134. The summed E-state index contributed by atoms with van der Waals surface area (Å²) in [5.74, 6) is 2.17. The molecular weight excluding hydrogens is 364 g/mol. The third-order valence-electron chi connectivity index (χ3n) is 6.59. The Kier molecular flexibility index (Phi) is 5.99. The fourth-order valence-corrected chi connectivity index (χ4v) is 4.96. The smallest absolute Gasteiger partial charge is 0.240 e. The summed E-state index contributed by atoms with van der Waals surface area (Å²) in [4.78, 5) is 26.6. The van der Waals surface area contributed by atoms with Crippen LogP contribution in [0.5, 0.6) is 5.88 Å². The van der Waals surface area contributed by atoms with Crippen LogP contribution in [0.25, 0.3) is 10.9 Å². The van der Waals surface area contributed by atoms with Crippen molar-refractivity contribution >= 4 is 16.8 Å². The lowest BCUT2D eigenvalue weighted by atomic mass is 9.84. The fourth-order valence-electron chi connectivity index (χ4n) is 4.96. The van der Waals surface area contributed by atoms with E-state index in [0.717, 1.165) is 56.3 Å². The van der Waals surface area contributed by atoms with E-state index in [1.54, 1.807) is 13.3 Å². The van der Waals surface area contributed by atoms with E-state index in [0.29, 0.717) is 30.0 Å². The number of piperidine rings is 2. The molecule has 1 amide bonds. The number of hydrogen-bond donors (Lipinski definition) is 0. The van der Waals surface area contributed by atoms with Gasteiger partial charge in [-0.1, -0.05) is 13.0 Å². The highest BCUT2D eigenvalue weighted by atomic mass is 16.5. The van der Waals surface area contributed by atoms with Gasteiger partial charge in [0.05, 0.1) is 7.11 Å². The second kappa shape index (κ2) is 8.66. The van der Waals surface area contributed by atoms with Crippen LogP contribution in [0.2, 0.25) is 0 Å². The average molecular weight is 397 g/mol. The molecule has 0 aliphatic carbocycles. The first-order valence-electron chi connectivity index (χ1n) is 10.8. The Bertz CT molecular complexity index is 863. The van der Waals surface area contributed by atoms with E-state index in [4.69, 9.17) is 4.74 Å². The van der Waals surface area contributed by atoms with Gasteiger partial charge in [-0.25, -0.2) is 4.98 Å². The zero-order chi connectivity index (χ0) is 20.4. The highest BCUT2D eigenvalue weighted by Gasteiger charge is 2.31. The normalized spacial score (nSPS) is 24.0. The number of likely N-dealkylation sites (tertiary alicyclic amines) is 2. The summed E-state index contributed by atoms with van der Waals surface area (Å²) >= 11 is 0. The van der Waals surface area contributed by atoms with E-state index in [9.17, 15) is 4.79 Å². The molecule has 2 saturated heterocycles. The minimum absolute atomic E-state index is 0.283. The minimum Gasteiger partial charge on any atom is -0.479 e. The molecule has 29 heavy (non-hydrogen) atoms. The van der Waals surface area contributed by atoms with Crippen molar-refractivity contribution in [1.82, 2.24) is 19.8 Å². The molecule has 2 aliphatic rings. The number of rotatable bonds is 4. The van der Waals surface area contributed by atoms with Crippen LogP contribution in [0.1, 0.15) is 44.1 Å². The topological polar surface area (TPSA) is 58.6 Å². The minimum atomic E-state index is 0.283. The molecule has 2 aromatic heterocycles. The molecule has 2 aliphatic heterocycles. The zero-order valence-electron chi connectivity index (χ0n) is 17.8. The molecule has 0 radical (unpaired) electrons. The molecule has 0 N–H and O–H groups in total. The van der Waals surface area contributed by atoms with E-state index in [-0.39, 0.29) is 5.92 Å². The van der Waals surface area contributed by atoms with Crippen molar-refractivity contribution in [1.29, 1.82) is 0 Å². The summed E-state index contributed by atoms with van der Waals surface area (Å²) in [5, 5.41) is 1.08. The van der Waals surface area contributed by atoms with E-state index >= 15 is 0 Å². The maximum absolute atomic E-state index is 13.1. The molecule has 0 unspecified atom stereocenters. The number of fused-ring (bicyclic) bond motifs is 1. The molecule has 156 valence electrons. The Labute approximate surface area is 173 Å². The first-order valence-corrected chi connectivity index (χ1v) is 10.8. The van der Waals surface area contributed by atoms with Gasteiger partial charge in [0.15, 0.2) is 0 Å². The van der Waals surface area contributed by atoms with Crippen LogP contribution in [-0.2, 0) is 4.79 Å². The van der Waals surface area contributed by atoms with Crippen LogP contribution < -0.4 is 4.74 Å². The second-order valence-electron chi connectivity index (χ2n) is 8.91. The van der Waals surface area contributed by atoms with Gasteiger partial charge in [-0.05, 0) is 62.9 Å². The lowest BCUT2D eigenvalue weighted by Crippen LogP contribution is -2.43. The summed E-state index contributed by atoms with van der Waals surface area (Å²) in [5.41, 5.74) is 1.98. The number of hydrogen-bond acceptors (Lipinski definition) is 5. The summed E-state index contributed by atoms with van der Waals surface area (Å²) in [7, 11) is 3.79. The molecule has 2 aromatic rings. The Balaban J connectivity index is 1.52. The van der Waals surface area contributed by atoms with E-state index in [1.807, 2.05) is 12.3 Å². The quantitative estimate of drug-likeness (QED) is 0.793. The van der Waals surface area contributed by atoms with Crippen molar-refractivity contribution in [3.8, 4) is 5.88 Å². The van der Waals surface area contributed by atoms with E-state index in [2.05, 4.69) is 39.8 Å². The monoisotopic (exact) mass is 396 g/mol. The maximum Gasteiger partial charge on any atom is 0.240 e. The van der Waals surface area contributed by atoms with Crippen LogP contribution in [-0.4, -0.2) is 66.0 Å². The van der Waals surface area contributed by atoms with E-state index in [1.165, 1.54) is 5.56 Å². The first kappa shape index (κ1) is 20.1. The largest absolute Gasteiger partial charge is 0.479 e. The van der Waals surface area contributed by atoms with Crippen molar-refractivity contribution in [3.63, 3.8) is 0 Å². The van der Waals surface area contributed by atoms with Crippen LogP contribution >= 0.6 is 0 Å². The third-order valence-corrected chi connectivity index (χ3v) is 6.59. The van der Waals surface area contributed by atoms with Crippen LogP contribution in [0.4, 0.5) is 0 Å². The standard InChI is InChI=1S/C23H32N4O2/c1-16-11-18(20-13-25-23(29-3)22-19(20)5-4-8-24-22)15-27(14-16)21(28)12-17-6-9-26(2)10-7-17/h4-5,8,13,16-18H,6-7,9-12,14-15H2,1-3H3/t16-,18+/m1/s1. The number of ether oxygens (including phenoxy) is 1. The highest BCUT2D eigenvalue weighted by Crippen LogP contribution is 2.36. The Morgan fingerprint density at radius 2 is 2.03 bits per heavy atom. The number of carbonyl (C=O) groups excluding carboxylic acids is 1. The first-order chi connectivity index (χ1) is 14.0. The van der Waals surface area contributed by atoms with Gasteiger partial charge < -0.3 is 14.5 Å². The Morgan fingerprint density at radius 1 is 1.24 bits per heavy atom. The molecule has 6 nitrogen and oxygen atoms in total. The third kappa shape index (κ3) is 4.37. The van der Waals surface area contributed by atoms with E-state index < -0.39 is 0 Å². The molecule has 2 fully saturated rings. The SMILES string of the molecule is COc1ncc([C@H]2C[C@@H](C)CN(C(=O)CC3CCN(C)CC3)C2)c2cccnc12. The molecule has 0 saturated carbocycles. The van der Waals surface area contributed by atoms with Gasteiger partial charge >= 0.3 is 0 Å². The second-order valence-corrected chi connectivity index (χ2v) is 8.91. The molecular formula is C23H32N4O2. The molecule has 0 bridgehead atoms. The van der Waals surface area contributed by atoms with Gasteiger partial charge in [0.1, 0.15) is 5.52 Å². The average Bonchev–Trinajstić information content (AvgIpc) is 2.74. The van der Waals surface area contributed by atoms with Gasteiger partial charge in [-0.2, -0.15) is 0 Å². The van der Waals surface area contributed by atoms with Gasteiger partial charge in [0.25, 0.3) is 0 Å². The van der Waals surface area contributed by atoms with Gasteiger partial charge in [-0.3, -0.25) is 9.78 Å². The number of pyridine rings is 2. The zero-order valence-corrected chi connectivity index (χ0v) is 17.8. The van der Waals surface area contributed by atoms with Crippen LogP contribution in [0, 0.1) is 11.8 Å². The molecule has 0 aromatic carbocycles. The Hall–Kier alpha value is -2.21.